The van der Waals surface area contributed by atoms with Gasteiger partial charge in [-0.3, -0.25) is 9.59 Å². The van der Waals surface area contributed by atoms with Crippen molar-refractivity contribution in [3.63, 3.8) is 0 Å². The van der Waals surface area contributed by atoms with Gasteiger partial charge in [0.25, 0.3) is 0 Å². The lowest BCUT2D eigenvalue weighted by atomic mass is 10.0. The first-order valence-corrected chi connectivity index (χ1v) is 31.8. The van der Waals surface area contributed by atoms with E-state index in [4.69, 9.17) is 4.74 Å². The van der Waals surface area contributed by atoms with Crippen molar-refractivity contribution in [2.24, 2.45) is 0 Å². The molecule has 0 aliphatic heterocycles. The molecular weight excluding hydrogens is 875 g/mol. The summed E-state index contributed by atoms with van der Waals surface area (Å²) in [6.45, 7) is 4.91. The molecule has 0 aliphatic carbocycles. The fourth-order valence-corrected chi connectivity index (χ4v) is 9.80. The standard InChI is InChI=1S/C65H123NO5/c1-3-5-7-9-11-13-15-17-19-20-21-22-23-24-25-26-27-30-33-37-41-45-49-53-57-63(68)62(61-67)66-64(69)58-54-50-46-42-38-34-31-28-32-36-40-44-48-52-56-60-71-65(70)59-55-51-47-43-39-35-29-18-16-14-12-10-8-6-4-2/h18,28-29,32,36,40,62-63,67-68H,3-17,19-27,30-31,33-35,37-39,41-61H2,1-2H3,(H,66,69)/b29-18-,32-28-,40-36-. The number of carbonyl (C=O) groups excluding carboxylic acids is 2. The lowest BCUT2D eigenvalue weighted by molar-refractivity contribution is -0.143. The smallest absolute Gasteiger partial charge is 0.305 e. The Morgan fingerprint density at radius 1 is 0.394 bits per heavy atom. The van der Waals surface area contributed by atoms with Crippen molar-refractivity contribution >= 4 is 11.9 Å². The van der Waals surface area contributed by atoms with Crippen molar-refractivity contribution in [2.75, 3.05) is 13.2 Å². The molecule has 0 rings (SSSR count). The maximum Gasteiger partial charge on any atom is 0.305 e. The molecule has 2 atom stereocenters. The second-order valence-corrected chi connectivity index (χ2v) is 21.8. The Morgan fingerprint density at radius 2 is 0.704 bits per heavy atom. The highest BCUT2D eigenvalue weighted by Gasteiger charge is 2.20. The summed E-state index contributed by atoms with van der Waals surface area (Å²) in [7, 11) is 0. The summed E-state index contributed by atoms with van der Waals surface area (Å²) in [5.74, 6) is -0.0836. The van der Waals surface area contributed by atoms with Gasteiger partial charge < -0.3 is 20.3 Å². The number of esters is 1. The van der Waals surface area contributed by atoms with E-state index in [1.807, 2.05) is 0 Å². The minimum absolute atomic E-state index is 0.0290. The van der Waals surface area contributed by atoms with Crippen molar-refractivity contribution in [1.29, 1.82) is 0 Å². The van der Waals surface area contributed by atoms with Gasteiger partial charge >= 0.3 is 5.97 Å². The minimum Gasteiger partial charge on any atom is -0.466 e. The van der Waals surface area contributed by atoms with E-state index in [-0.39, 0.29) is 18.5 Å². The molecular formula is C65H123NO5. The number of rotatable bonds is 59. The Labute approximate surface area is 443 Å². The maximum absolute atomic E-state index is 12.5. The van der Waals surface area contributed by atoms with Crippen molar-refractivity contribution in [2.45, 2.75) is 353 Å². The number of unbranched alkanes of at least 4 members (excludes halogenated alkanes) is 43. The van der Waals surface area contributed by atoms with Crippen LogP contribution in [0.4, 0.5) is 0 Å². The van der Waals surface area contributed by atoms with Gasteiger partial charge in [-0.1, -0.05) is 281 Å². The molecule has 0 heterocycles. The molecule has 0 radical (unpaired) electrons. The zero-order valence-corrected chi connectivity index (χ0v) is 47.7. The van der Waals surface area contributed by atoms with Crippen molar-refractivity contribution in [3.05, 3.63) is 36.5 Å². The zero-order chi connectivity index (χ0) is 51.4. The normalized spacial score (nSPS) is 12.8. The number of ether oxygens (including phenoxy) is 1. The molecule has 71 heavy (non-hydrogen) atoms. The molecule has 2 unspecified atom stereocenters. The highest BCUT2D eigenvalue weighted by Crippen LogP contribution is 2.18. The van der Waals surface area contributed by atoms with E-state index in [2.05, 4.69) is 55.6 Å². The van der Waals surface area contributed by atoms with E-state index in [9.17, 15) is 19.8 Å². The molecule has 418 valence electrons. The van der Waals surface area contributed by atoms with Gasteiger partial charge in [0.05, 0.1) is 25.4 Å². The highest BCUT2D eigenvalue weighted by molar-refractivity contribution is 5.76. The van der Waals surface area contributed by atoms with Crippen LogP contribution in [0, 0.1) is 0 Å². The lowest BCUT2D eigenvalue weighted by Gasteiger charge is -2.22. The highest BCUT2D eigenvalue weighted by atomic mass is 16.5. The summed E-state index contributed by atoms with van der Waals surface area (Å²) in [6.07, 6.45) is 75.8. The Morgan fingerprint density at radius 3 is 1.08 bits per heavy atom. The van der Waals surface area contributed by atoms with Crippen molar-refractivity contribution < 1.29 is 24.5 Å². The average molecular weight is 999 g/mol. The number of nitrogens with one attached hydrogen (secondary N) is 1. The number of aliphatic hydroxyl groups is 2. The fraction of sp³-hybridized carbons (Fsp3) is 0.877. The van der Waals surface area contributed by atoms with Gasteiger partial charge in [-0.25, -0.2) is 0 Å². The van der Waals surface area contributed by atoms with Crippen molar-refractivity contribution in [1.82, 2.24) is 5.32 Å². The molecule has 0 saturated heterocycles. The van der Waals surface area contributed by atoms with E-state index in [1.165, 1.54) is 231 Å². The molecule has 0 aromatic rings. The first-order valence-electron chi connectivity index (χ1n) is 31.8. The van der Waals surface area contributed by atoms with Crippen LogP contribution in [0.25, 0.3) is 0 Å². The predicted molar refractivity (Wildman–Crippen MR) is 310 cm³/mol. The van der Waals surface area contributed by atoms with Crippen LogP contribution in [-0.4, -0.2) is 47.4 Å². The van der Waals surface area contributed by atoms with Crippen LogP contribution in [-0.2, 0) is 14.3 Å². The molecule has 0 aromatic carbocycles. The number of aliphatic hydroxyl groups excluding tert-OH is 2. The molecule has 0 saturated carbocycles. The van der Waals surface area contributed by atoms with Crippen LogP contribution in [0.5, 0.6) is 0 Å². The van der Waals surface area contributed by atoms with E-state index in [1.54, 1.807) is 0 Å². The van der Waals surface area contributed by atoms with Gasteiger partial charge in [0, 0.05) is 12.8 Å². The van der Waals surface area contributed by atoms with Gasteiger partial charge in [-0.05, 0) is 83.5 Å². The largest absolute Gasteiger partial charge is 0.466 e. The minimum atomic E-state index is -0.681. The first-order chi connectivity index (χ1) is 35.0. The Hall–Kier alpha value is -1.92. The van der Waals surface area contributed by atoms with Crippen LogP contribution in [0.15, 0.2) is 36.5 Å². The first kappa shape index (κ1) is 69.1. The molecule has 0 aliphatic rings. The third kappa shape index (κ3) is 57.2. The second-order valence-electron chi connectivity index (χ2n) is 21.8. The SMILES string of the molecule is CCCCCCCC/C=C\CCCCCCCC(=O)OCCCCC/C=C\C=C/CCCCCCCCC(=O)NC(CO)C(O)CCCCCCCCCCCCCCCCCCCCCCCCCC. The predicted octanol–water partition coefficient (Wildman–Crippen LogP) is 20.0. The molecule has 0 fully saturated rings. The van der Waals surface area contributed by atoms with E-state index >= 15 is 0 Å². The van der Waals surface area contributed by atoms with Gasteiger partial charge in [-0.2, -0.15) is 0 Å². The lowest BCUT2D eigenvalue weighted by Crippen LogP contribution is -2.45. The van der Waals surface area contributed by atoms with Crippen LogP contribution in [0.1, 0.15) is 341 Å². The molecule has 6 heteroatoms. The molecule has 1 amide bonds. The molecule has 0 spiro atoms. The summed E-state index contributed by atoms with van der Waals surface area (Å²) >= 11 is 0. The average Bonchev–Trinajstić information content (AvgIpc) is 3.37. The Balaban J connectivity index is 3.50. The van der Waals surface area contributed by atoms with Crippen LogP contribution in [0.2, 0.25) is 0 Å². The molecule has 0 bridgehead atoms. The molecule has 0 aromatic heterocycles. The van der Waals surface area contributed by atoms with Gasteiger partial charge in [-0.15, -0.1) is 0 Å². The van der Waals surface area contributed by atoms with Gasteiger partial charge in [0.1, 0.15) is 0 Å². The van der Waals surface area contributed by atoms with Crippen LogP contribution in [0.3, 0.4) is 0 Å². The van der Waals surface area contributed by atoms with E-state index < -0.39 is 12.1 Å². The van der Waals surface area contributed by atoms with E-state index in [0.717, 1.165) is 77.0 Å². The summed E-state index contributed by atoms with van der Waals surface area (Å²) in [5.41, 5.74) is 0. The maximum atomic E-state index is 12.5. The fourth-order valence-electron chi connectivity index (χ4n) is 9.80. The number of hydrogen-bond donors (Lipinski definition) is 3. The van der Waals surface area contributed by atoms with Crippen molar-refractivity contribution in [3.8, 4) is 0 Å². The zero-order valence-electron chi connectivity index (χ0n) is 47.7. The molecule has 3 N–H and O–H groups in total. The third-order valence-electron chi connectivity index (χ3n) is 14.7. The van der Waals surface area contributed by atoms with Gasteiger partial charge in [0.2, 0.25) is 5.91 Å². The summed E-state index contributed by atoms with van der Waals surface area (Å²) in [5, 5.41) is 23.4. The Bertz CT molecular complexity index is 1150. The number of hydrogen-bond acceptors (Lipinski definition) is 5. The van der Waals surface area contributed by atoms with E-state index in [0.29, 0.717) is 25.9 Å². The van der Waals surface area contributed by atoms with Crippen LogP contribution < -0.4 is 5.32 Å². The van der Waals surface area contributed by atoms with Gasteiger partial charge in [0.15, 0.2) is 0 Å². The topological polar surface area (TPSA) is 95.9 Å². The van der Waals surface area contributed by atoms with Crippen LogP contribution >= 0.6 is 0 Å². The summed E-state index contributed by atoms with van der Waals surface area (Å²) < 4.78 is 5.45. The number of allylic oxidation sites excluding steroid dienone is 6. The number of amides is 1. The molecule has 6 nitrogen and oxygen atoms in total. The third-order valence-corrected chi connectivity index (χ3v) is 14.7. The quantitative estimate of drug-likeness (QED) is 0.0244. The monoisotopic (exact) mass is 998 g/mol. The summed E-state index contributed by atoms with van der Waals surface area (Å²) in [6, 6.07) is -0.560. The Kier molecular flexibility index (Phi) is 59.0. The summed E-state index contributed by atoms with van der Waals surface area (Å²) in [4.78, 5) is 24.6. The number of carbonyl (C=O) groups is 2. The second kappa shape index (κ2) is 60.6.